The van der Waals surface area contributed by atoms with Crippen LogP contribution in [0, 0.1) is 47.3 Å². The smallest absolute Gasteiger partial charge is 0 e. The van der Waals surface area contributed by atoms with E-state index in [0.717, 1.165) is 0 Å². The predicted molar refractivity (Wildman–Crippen MR) is 19.9 cm³/mol. The molecule has 0 aromatic heterocycles. The third-order valence-corrected chi connectivity index (χ3v) is 0. The van der Waals surface area contributed by atoms with Gasteiger partial charge in [0.1, 0.15) is 0 Å². The van der Waals surface area contributed by atoms with E-state index in [-0.39, 0.29) is 16.8 Å². The van der Waals surface area contributed by atoms with Gasteiger partial charge in [-0.1, -0.05) is 0 Å². The molecule has 0 saturated heterocycles. The van der Waals surface area contributed by atoms with Crippen molar-refractivity contribution in [2.45, 2.75) is 0 Å². The molecule has 9 heavy (non-hydrogen) atoms. The quantitative estimate of drug-likeness (QED) is 0.482. The Balaban J connectivity index is -0.00000000762. The normalized spacial score (nSPS) is 0.889. The first kappa shape index (κ1) is 51.3. The molecule has 1 radical (unpaired) electrons. The number of nitrogens with zero attached hydrogens (tertiary/aromatic N) is 4. The molecule has 49 valence electrons. The van der Waals surface area contributed by atoms with Gasteiger partial charge < -0.3 is 47.3 Å². The van der Waals surface area contributed by atoms with Crippen LogP contribution in [0.15, 0.2) is 0 Å². The Morgan fingerprint density at radius 1 is 0.444 bits per heavy atom. The summed E-state index contributed by atoms with van der Waals surface area (Å²) in [6.45, 7) is 19.0. The topological polar surface area (TPSA) is 95.2 Å². The van der Waals surface area contributed by atoms with Crippen LogP contribution in [0.4, 0.5) is 0 Å². The molecule has 0 fully saturated rings. The second-order valence-corrected chi connectivity index (χ2v) is 0. The largest absolute Gasteiger partial charge is 0.512 e. The number of rotatable bonds is 0. The van der Waals surface area contributed by atoms with E-state index in [0.29, 0.717) is 0 Å². The van der Waals surface area contributed by atoms with Crippen LogP contribution < -0.4 is 0 Å². The molecule has 0 aromatic carbocycles. The molecule has 0 rings (SSSR count). The molecular weight excluding hydrogens is 163 g/mol. The Labute approximate surface area is 64.7 Å². The van der Waals surface area contributed by atoms with Gasteiger partial charge >= 0.3 is 0 Å². The van der Waals surface area contributed by atoms with Gasteiger partial charge in [0.05, 0.1) is 0 Å². The monoisotopic (exact) mass is 163 g/mol. The summed E-state index contributed by atoms with van der Waals surface area (Å²) < 4.78 is 0. The number of hydrogen-bond donors (Lipinski definition) is 0. The molecule has 0 aliphatic carbocycles. The Bertz CT molecular complexity index is 55.5. The summed E-state index contributed by atoms with van der Waals surface area (Å²) in [5.41, 5.74) is 0. The molecule has 0 spiro atoms. The van der Waals surface area contributed by atoms with Crippen LogP contribution in [-0.4, -0.2) is 0 Å². The molecule has 0 saturated carbocycles. The zero-order chi connectivity index (χ0) is 8.00. The zero-order valence-corrected chi connectivity index (χ0v) is 5.16. The minimum Gasteiger partial charge on any atom is -0.512 e. The van der Waals surface area contributed by atoms with Gasteiger partial charge in [-0.05, 0) is 0 Å². The van der Waals surface area contributed by atoms with E-state index in [1.54, 1.807) is 0 Å². The van der Waals surface area contributed by atoms with Crippen LogP contribution in [0.5, 0.6) is 0 Å². The summed E-state index contributed by atoms with van der Waals surface area (Å²) in [5, 5.41) is 25.0. The average molecular weight is 163 g/mol. The van der Waals surface area contributed by atoms with Gasteiger partial charge in [-0.2, -0.15) is 0 Å². The molecule has 0 aliphatic heterocycles. The Morgan fingerprint density at radius 3 is 0.444 bits per heavy atom. The van der Waals surface area contributed by atoms with Crippen LogP contribution in [0.2, 0.25) is 0 Å². The van der Waals surface area contributed by atoms with E-state index < -0.39 is 0 Å². The van der Waals surface area contributed by atoms with Crippen LogP contribution >= 0.6 is 0 Å². The maximum absolute atomic E-state index is 6.25. The van der Waals surface area contributed by atoms with E-state index in [2.05, 4.69) is 0 Å². The van der Waals surface area contributed by atoms with Gasteiger partial charge in [0.2, 0.25) is 0 Å². The minimum absolute atomic E-state index is 0. The van der Waals surface area contributed by atoms with Gasteiger partial charge in [0.25, 0.3) is 0 Å². The zero-order valence-electron chi connectivity index (χ0n) is 4.12. The Hall–Kier alpha value is -1.53. The van der Waals surface area contributed by atoms with E-state index in [9.17, 15) is 0 Å². The molecule has 0 heterocycles. The van der Waals surface area contributed by atoms with Crippen LogP contribution in [0.3, 0.4) is 0 Å². The maximum Gasteiger partial charge on any atom is 0 e. The van der Waals surface area contributed by atoms with Gasteiger partial charge in [-0.3, -0.25) is 0 Å². The van der Waals surface area contributed by atoms with Crippen LogP contribution in [-0.2, 0) is 16.8 Å². The molecular formula is C4CoN4-4. The molecule has 0 aromatic rings. The SMILES string of the molecule is [C-]#N.[C-]#N.[C-]#N.[C-]#N.[Co]. The molecule has 0 bridgehead atoms. The second kappa shape index (κ2) is 82.2. The van der Waals surface area contributed by atoms with E-state index in [1.165, 1.54) is 0 Å². The summed E-state index contributed by atoms with van der Waals surface area (Å²) in [7, 11) is 0. The van der Waals surface area contributed by atoms with Gasteiger partial charge in [-0.25, -0.2) is 0 Å². The van der Waals surface area contributed by atoms with Crippen molar-refractivity contribution in [3.63, 3.8) is 0 Å². The first-order valence-corrected chi connectivity index (χ1v) is 0.894. The van der Waals surface area contributed by atoms with Crippen LogP contribution in [0.1, 0.15) is 0 Å². The third-order valence-electron chi connectivity index (χ3n) is 0. The van der Waals surface area contributed by atoms with Crippen molar-refractivity contribution in [1.29, 1.82) is 21.0 Å². The molecule has 0 amide bonds. The van der Waals surface area contributed by atoms with Crippen molar-refractivity contribution in [2.24, 2.45) is 0 Å². The summed E-state index contributed by atoms with van der Waals surface area (Å²) in [5.74, 6) is 0. The van der Waals surface area contributed by atoms with Crippen molar-refractivity contribution >= 4 is 0 Å². The molecule has 0 unspecified atom stereocenters. The average Bonchev–Trinajstić information content (AvgIpc) is 2.03. The summed E-state index contributed by atoms with van der Waals surface area (Å²) in [6.07, 6.45) is 0. The first-order valence-electron chi connectivity index (χ1n) is 0.894. The summed E-state index contributed by atoms with van der Waals surface area (Å²) >= 11 is 0. The van der Waals surface area contributed by atoms with E-state index in [1.807, 2.05) is 0 Å². The fourth-order valence-electron chi connectivity index (χ4n) is 0. The van der Waals surface area contributed by atoms with Crippen molar-refractivity contribution < 1.29 is 16.8 Å². The third kappa shape index (κ3) is 54.9. The predicted octanol–water partition coefficient (Wildman–Crippen LogP) is 0.383. The molecule has 4 nitrogen and oxygen atoms in total. The molecule has 0 N–H and O–H groups in total. The Morgan fingerprint density at radius 2 is 0.444 bits per heavy atom. The fourth-order valence-corrected chi connectivity index (χ4v) is 0. The van der Waals surface area contributed by atoms with Crippen molar-refractivity contribution in [3.8, 4) is 0 Å². The van der Waals surface area contributed by atoms with Gasteiger partial charge in [0, 0.05) is 16.8 Å². The fraction of sp³-hybridized carbons (Fsp3) is 0. The Kier molecular flexibility index (Phi) is 469. The van der Waals surface area contributed by atoms with Crippen molar-refractivity contribution in [1.82, 2.24) is 0 Å². The first-order chi connectivity index (χ1) is 4.00. The molecule has 0 aliphatic rings. The minimum atomic E-state index is 0. The van der Waals surface area contributed by atoms with Crippen LogP contribution in [0.25, 0.3) is 0 Å². The van der Waals surface area contributed by atoms with Crippen molar-refractivity contribution in [2.75, 3.05) is 0 Å². The summed E-state index contributed by atoms with van der Waals surface area (Å²) in [6, 6.07) is 0. The summed E-state index contributed by atoms with van der Waals surface area (Å²) in [4.78, 5) is 0. The van der Waals surface area contributed by atoms with Gasteiger partial charge in [0.15, 0.2) is 0 Å². The molecule has 0 atom stereocenters. The van der Waals surface area contributed by atoms with E-state index in [4.69, 9.17) is 47.3 Å². The molecule has 5 heteroatoms. The van der Waals surface area contributed by atoms with Gasteiger partial charge in [-0.15, -0.1) is 0 Å². The maximum atomic E-state index is 6.25. The standard InChI is InChI=1S/4CN.Co/c4*1-2;/q4*-1;. The second-order valence-electron chi connectivity index (χ2n) is 0. The van der Waals surface area contributed by atoms with Crippen molar-refractivity contribution in [3.05, 3.63) is 26.3 Å². The van der Waals surface area contributed by atoms with E-state index >= 15 is 0 Å². The number of hydrogen-bond acceptors (Lipinski definition) is 4.